The van der Waals surface area contributed by atoms with Gasteiger partial charge >= 0.3 is 0 Å². The van der Waals surface area contributed by atoms with Gasteiger partial charge in [0, 0.05) is 6.04 Å². The van der Waals surface area contributed by atoms with Crippen molar-refractivity contribution in [1.82, 2.24) is 10.6 Å². The predicted octanol–water partition coefficient (Wildman–Crippen LogP) is 1.68. The Hall–Kier alpha value is -0.570. The fourth-order valence-electron chi connectivity index (χ4n) is 1.55. The number of amides is 1. The SMILES string of the molecule is CCC(C)NC(=O)CNCCCC1CC1. The second-order valence-corrected chi connectivity index (χ2v) is 4.64. The number of carbonyl (C=O) groups is 1. The summed E-state index contributed by atoms with van der Waals surface area (Å²) in [6.45, 7) is 5.55. The van der Waals surface area contributed by atoms with E-state index in [-0.39, 0.29) is 5.91 Å². The van der Waals surface area contributed by atoms with E-state index in [4.69, 9.17) is 0 Å². The first-order valence-corrected chi connectivity index (χ1v) is 6.22. The van der Waals surface area contributed by atoms with E-state index >= 15 is 0 Å². The van der Waals surface area contributed by atoms with Crippen LogP contribution >= 0.6 is 0 Å². The Bertz CT molecular complexity index is 190. The van der Waals surface area contributed by atoms with Crippen LogP contribution in [0.4, 0.5) is 0 Å². The van der Waals surface area contributed by atoms with Crippen molar-refractivity contribution in [2.45, 2.75) is 52.0 Å². The summed E-state index contributed by atoms with van der Waals surface area (Å²) in [7, 11) is 0. The van der Waals surface area contributed by atoms with Crippen LogP contribution in [0.1, 0.15) is 46.0 Å². The summed E-state index contributed by atoms with van der Waals surface area (Å²) in [5.41, 5.74) is 0. The van der Waals surface area contributed by atoms with E-state index in [0.717, 1.165) is 18.9 Å². The van der Waals surface area contributed by atoms with E-state index < -0.39 is 0 Å². The molecule has 1 amide bonds. The zero-order valence-electron chi connectivity index (χ0n) is 10.0. The summed E-state index contributed by atoms with van der Waals surface area (Å²) in [5, 5.41) is 6.13. The van der Waals surface area contributed by atoms with Gasteiger partial charge in [-0.25, -0.2) is 0 Å². The highest BCUT2D eigenvalue weighted by molar-refractivity contribution is 5.78. The molecule has 0 spiro atoms. The Labute approximate surface area is 93.0 Å². The van der Waals surface area contributed by atoms with Crippen LogP contribution in [0.15, 0.2) is 0 Å². The second-order valence-electron chi connectivity index (χ2n) is 4.64. The summed E-state index contributed by atoms with van der Waals surface area (Å²) >= 11 is 0. The smallest absolute Gasteiger partial charge is 0.234 e. The highest BCUT2D eigenvalue weighted by atomic mass is 16.1. The molecule has 1 saturated carbocycles. The minimum Gasteiger partial charge on any atom is -0.353 e. The molecule has 3 heteroatoms. The van der Waals surface area contributed by atoms with Crippen LogP contribution in [-0.4, -0.2) is 25.0 Å². The van der Waals surface area contributed by atoms with Gasteiger partial charge in [0.2, 0.25) is 5.91 Å². The van der Waals surface area contributed by atoms with Gasteiger partial charge in [0.15, 0.2) is 0 Å². The number of carbonyl (C=O) groups excluding carboxylic acids is 1. The molecular weight excluding hydrogens is 188 g/mol. The molecule has 0 bridgehead atoms. The first-order valence-electron chi connectivity index (χ1n) is 6.22. The van der Waals surface area contributed by atoms with Gasteiger partial charge in [-0.05, 0) is 38.6 Å². The Kier molecular flexibility index (Phi) is 5.69. The quantitative estimate of drug-likeness (QED) is 0.601. The minimum atomic E-state index is 0.121. The lowest BCUT2D eigenvalue weighted by Crippen LogP contribution is -2.38. The molecule has 1 atom stereocenters. The average molecular weight is 212 g/mol. The molecule has 1 unspecified atom stereocenters. The normalized spacial score (nSPS) is 17.5. The lowest BCUT2D eigenvalue weighted by molar-refractivity contribution is -0.120. The van der Waals surface area contributed by atoms with Crippen LogP contribution < -0.4 is 10.6 Å². The van der Waals surface area contributed by atoms with Crippen molar-refractivity contribution in [2.75, 3.05) is 13.1 Å². The standard InChI is InChI=1S/C12H24N2O/c1-3-10(2)14-12(15)9-13-8-4-5-11-6-7-11/h10-11,13H,3-9H2,1-2H3,(H,14,15). The molecule has 0 aliphatic heterocycles. The van der Waals surface area contributed by atoms with E-state index in [1.54, 1.807) is 0 Å². The van der Waals surface area contributed by atoms with E-state index in [2.05, 4.69) is 17.6 Å². The molecule has 0 aromatic heterocycles. The maximum Gasteiger partial charge on any atom is 0.234 e. The zero-order chi connectivity index (χ0) is 11.1. The monoisotopic (exact) mass is 212 g/mol. The Morgan fingerprint density at radius 1 is 1.47 bits per heavy atom. The Morgan fingerprint density at radius 3 is 2.80 bits per heavy atom. The van der Waals surface area contributed by atoms with Crippen LogP contribution in [0.5, 0.6) is 0 Å². The van der Waals surface area contributed by atoms with Gasteiger partial charge in [-0.3, -0.25) is 4.79 Å². The van der Waals surface area contributed by atoms with Crippen molar-refractivity contribution in [3.05, 3.63) is 0 Å². The van der Waals surface area contributed by atoms with Gasteiger partial charge in [0.05, 0.1) is 6.54 Å². The van der Waals surface area contributed by atoms with Gasteiger partial charge in [0.25, 0.3) is 0 Å². The predicted molar refractivity (Wildman–Crippen MR) is 62.7 cm³/mol. The van der Waals surface area contributed by atoms with Crippen LogP contribution in [0, 0.1) is 5.92 Å². The van der Waals surface area contributed by atoms with Gasteiger partial charge in [-0.1, -0.05) is 19.8 Å². The Morgan fingerprint density at radius 2 is 2.20 bits per heavy atom. The largest absolute Gasteiger partial charge is 0.353 e. The number of hydrogen-bond acceptors (Lipinski definition) is 2. The van der Waals surface area contributed by atoms with Crippen LogP contribution in [0.25, 0.3) is 0 Å². The Balaban J connectivity index is 1.87. The van der Waals surface area contributed by atoms with Gasteiger partial charge in [0.1, 0.15) is 0 Å². The van der Waals surface area contributed by atoms with Crippen molar-refractivity contribution in [2.24, 2.45) is 5.92 Å². The van der Waals surface area contributed by atoms with Gasteiger partial charge in [-0.2, -0.15) is 0 Å². The first kappa shape index (κ1) is 12.5. The maximum absolute atomic E-state index is 11.3. The summed E-state index contributed by atoms with van der Waals surface area (Å²) in [6.07, 6.45) is 6.39. The number of hydrogen-bond donors (Lipinski definition) is 2. The molecule has 1 fully saturated rings. The summed E-state index contributed by atoms with van der Waals surface area (Å²) < 4.78 is 0. The van der Waals surface area contributed by atoms with Crippen molar-refractivity contribution in [1.29, 1.82) is 0 Å². The molecule has 3 nitrogen and oxygen atoms in total. The van der Waals surface area contributed by atoms with Crippen LogP contribution in [0.2, 0.25) is 0 Å². The molecule has 2 N–H and O–H groups in total. The summed E-state index contributed by atoms with van der Waals surface area (Å²) in [4.78, 5) is 11.3. The highest BCUT2D eigenvalue weighted by Crippen LogP contribution is 2.33. The highest BCUT2D eigenvalue weighted by Gasteiger charge is 2.19. The lowest BCUT2D eigenvalue weighted by atomic mass is 10.2. The fraction of sp³-hybridized carbons (Fsp3) is 0.917. The molecule has 88 valence electrons. The van der Waals surface area contributed by atoms with Crippen LogP contribution in [0.3, 0.4) is 0 Å². The molecular formula is C12H24N2O. The third-order valence-electron chi connectivity index (χ3n) is 2.97. The lowest BCUT2D eigenvalue weighted by Gasteiger charge is -2.11. The zero-order valence-corrected chi connectivity index (χ0v) is 10.0. The summed E-state index contributed by atoms with van der Waals surface area (Å²) in [5.74, 6) is 1.12. The van der Waals surface area contributed by atoms with E-state index in [1.165, 1.54) is 25.7 Å². The molecule has 0 radical (unpaired) electrons. The third-order valence-corrected chi connectivity index (χ3v) is 2.97. The molecule has 0 aromatic rings. The van der Waals surface area contributed by atoms with E-state index in [1.807, 2.05) is 6.92 Å². The third kappa shape index (κ3) is 6.50. The molecule has 0 heterocycles. The van der Waals surface area contributed by atoms with Crippen molar-refractivity contribution >= 4 is 5.91 Å². The first-order chi connectivity index (χ1) is 7.22. The fourth-order valence-corrected chi connectivity index (χ4v) is 1.55. The molecule has 1 aliphatic rings. The van der Waals surface area contributed by atoms with E-state index in [9.17, 15) is 4.79 Å². The molecule has 1 rings (SSSR count). The number of nitrogens with one attached hydrogen (secondary N) is 2. The van der Waals surface area contributed by atoms with Crippen molar-refractivity contribution in [3.63, 3.8) is 0 Å². The van der Waals surface area contributed by atoms with Crippen LogP contribution in [-0.2, 0) is 4.79 Å². The van der Waals surface area contributed by atoms with Gasteiger partial charge in [-0.15, -0.1) is 0 Å². The topological polar surface area (TPSA) is 41.1 Å². The van der Waals surface area contributed by atoms with E-state index in [0.29, 0.717) is 12.6 Å². The van der Waals surface area contributed by atoms with Gasteiger partial charge < -0.3 is 10.6 Å². The molecule has 15 heavy (non-hydrogen) atoms. The number of rotatable bonds is 8. The minimum absolute atomic E-state index is 0.121. The average Bonchev–Trinajstić information content (AvgIpc) is 3.01. The second kappa shape index (κ2) is 6.83. The molecule has 1 aliphatic carbocycles. The molecule has 0 aromatic carbocycles. The summed E-state index contributed by atoms with van der Waals surface area (Å²) in [6, 6.07) is 0.297. The van der Waals surface area contributed by atoms with Crippen molar-refractivity contribution in [3.8, 4) is 0 Å². The maximum atomic E-state index is 11.3. The van der Waals surface area contributed by atoms with Crippen molar-refractivity contribution < 1.29 is 4.79 Å². The molecule has 0 saturated heterocycles.